The van der Waals surface area contributed by atoms with E-state index in [0.29, 0.717) is 11.3 Å². The third kappa shape index (κ3) is 3.10. The van der Waals surface area contributed by atoms with Crippen LogP contribution >= 0.6 is 0 Å². The van der Waals surface area contributed by atoms with Crippen molar-refractivity contribution in [3.8, 4) is 5.69 Å². The van der Waals surface area contributed by atoms with Gasteiger partial charge in [0.25, 0.3) is 11.2 Å². The zero-order valence-corrected chi connectivity index (χ0v) is 16.5. The minimum absolute atomic E-state index is 0.0280. The highest BCUT2D eigenvalue weighted by Crippen LogP contribution is 2.19. The Labute approximate surface area is 170 Å². The molecule has 0 fully saturated rings. The van der Waals surface area contributed by atoms with E-state index in [2.05, 4.69) is 4.98 Å². The van der Waals surface area contributed by atoms with Gasteiger partial charge in [0.2, 0.25) is 0 Å². The number of imidazole rings is 1. The number of fused-ring (bicyclic) bond motifs is 1. The third-order valence-corrected chi connectivity index (χ3v) is 5.05. The van der Waals surface area contributed by atoms with Gasteiger partial charge in [-0.05, 0) is 31.0 Å². The summed E-state index contributed by atoms with van der Waals surface area (Å²) in [5.74, 6) is 0. The second-order valence-electron chi connectivity index (χ2n) is 6.93. The smallest absolute Gasteiger partial charge is 0.320 e. The van der Waals surface area contributed by atoms with Crippen LogP contribution in [0.4, 0.5) is 5.69 Å². The Morgan fingerprint density at radius 1 is 1.10 bits per heavy atom. The number of non-ortho nitro benzene ring substituents is 1. The monoisotopic (exact) mass is 405 g/mol. The van der Waals surface area contributed by atoms with Crippen molar-refractivity contribution in [3.63, 3.8) is 0 Å². The molecule has 9 heteroatoms. The maximum absolute atomic E-state index is 13.1. The Kier molecular flexibility index (Phi) is 4.78. The fourth-order valence-corrected chi connectivity index (χ4v) is 3.58. The second kappa shape index (κ2) is 7.43. The van der Waals surface area contributed by atoms with Crippen molar-refractivity contribution in [1.82, 2.24) is 18.7 Å². The fourth-order valence-electron chi connectivity index (χ4n) is 3.58. The first-order valence-electron chi connectivity index (χ1n) is 9.42. The number of benzene rings is 2. The maximum atomic E-state index is 13.1. The average molecular weight is 405 g/mol. The Morgan fingerprint density at radius 3 is 2.57 bits per heavy atom. The predicted molar refractivity (Wildman–Crippen MR) is 112 cm³/mol. The van der Waals surface area contributed by atoms with Crippen LogP contribution in [0.25, 0.3) is 16.9 Å². The number of aryl methyl sites for hydroxylation is 1. The van der Waals surface area contributed by atoms with E-state index in [0.717, 1.165) is 5.56 Å². The summed E-state index contributed by atoms with van der Waals surface area (Å²) >= 11 is 0. The van der Waals surface area contributed by atoms with Gasteiger partial charge in [-0.15, -0.1) is 0 Å². The first kappa shape index (κ1) is 19.3. The van der Waals surface area contributed by atoms with Crippen LogP contribution in [0, 0.1) is 17.0 Å². The number of rotatable bonds is 5. The molecule has 0 saturated carbocycles. The number of aromatic nitrogens is 4. The minimum atomic E-state index is -0.463. The van der Waals surface area contributed by atoms with Crippen molar-refractivity contribution in [1.29, 1.82) is 0 Å². The van der Waals surface area contributed by atoms with Crippen molar-refractivity contribution in [3.05, 3.63) is 96.9 Å². The molecule has 0 aliphatic heterocycles. The zero-order chi connectivity index (χ0) is 21.4. The molecule has 0 radical (unpaired) electrons. The molecular formula is C21H19N5O4. The summed E-state index contributed by atoms with van der Waals surface area (Å²) in [6, 6.07) is 13.6. The lowest BCUT2D eigenvalue weighted by Crippen LogP contribution is -2.39. The Balaban J connectivity index is 1.97. The van der Waals surface area contributed by atoms with E-state index < -0.39 is 16.2 Å². The van der Waals surface area contributed by atoms with Crippen LogP contribution in [-0.2, 0) is 13.1 Å². The summed E-state index contributed by atoms with van der Waals surface area (Å²) in [4.78, 5) is 41.1. The van der Waals surface area contributed by atoms with Crippen LogP contribution in [0.1, 0.15) is 18.1 Å². The fraction of sp³-hybridized carbons (Fsp3) is 0.190. The quantitative estimate of drug-likeness (QED) is 0.375. The van der Waals surface area contributed by atoms with E-state index in [-0.39, 0.29) is 29.9 Å². The van der Waals surface area contributed by atoms with Gasteiger partial charge in [0.15, 0.2) is 11.2 Å². The second-order valence-corrected chi connectivity index (χ2v) is 6.93. The number of nitrogens with zero attached hydrogens (tertiary/aromatic N) is 5. The molecule has 0 aliphatic rings. The van der Waals surface area contributed by atoms with Gasteiger partial charge >= 0.3 is 5.69 Å². The zero-order valence-electron chi connectivity index (χ0n) is 16.5. The van der Waals surface area contributed by atoms with E-state index in [1.54, 1.807) is 29.7 Å². The molecule has 0 saturated heterocycles. The molecule has 2 heterocycles. The molecular weight excluding hydrogens is 386 g/mol. The highest BCUT2D eigenvalue weighted by Gasteiger charge is 2.19. The van der Waals surface area contributed by atoms with Crippen LogP contribution in [0.15, 0.2) is 64.4 Å². The maximum Gasteiger partial charge on any atom is 0.337 e. The molecule has 152 valence electrons. The number of nitro groups is 1. The molecule has 0 bridgehead atoms. The number of para-hydroxylation sites is 1. The first-order valence-corrected chi connectivity index (χ1v) is 9.42. The van der Waals surface area contributed by atoms with Crippen LogP contribution in [0.2, 0.25) is 0 Å². The molecule has 4 rings (SSSR count). The predicted octanol–water partition coefficient (Wildman–Crippen LogP) is 2.63. The van der Waals surface area contributed by atoms with Gasteiger partial charge in [0.05, 0.1) is 16.9 Å². The van der Waals surface area contributed by atoms with Gasteiger partial charge in [-0.2, -0.15) is 0 Å². The van der Waals surface area contributed by atoms with Gasteiger partial charge in [-0.25, -0.2) is 14.3 Å². The minimum Gasteiger partial charge on any atom is -0.320 e. The summed E-state index contributed by atoms with van der Waals surface area (Å²) in [5.41, 5.74) is 1.78. The van der Waals surface area contributed by atoms with Crippen LogP contribution in [0.5, 0.6) is 0 Å². The van der Waals surface area contributed by atoms with Gasteiger partial charge in [0, 0.05) is 25.2 Å². The SMILES string of the molecule is CCn1c(=O)c2c(ncn2Cc2cccc([N+](=O)[O-])c2)n(-c2ccccc2C)c1=O. The average Bonchev–Trinajstić information content (AvgIpc) is 3.13. The molecule has 0 N–H and O–H groups in total. The van der Waals surface area contributed by atoms with E-state index in [1.807, 2.05) is 25.1 Å². The number of nitro benzene ring substituents is 1. The van der Waals surface area contributed by atoms with Crippen molar-refractivity contribution < 1.29 is 4.92 Å². The van der Waals surface area contributed by atoms with E-state index >= 15 is 0 Å². The number of hydrogen-bond donors (Lipinski definition) is 0. The summed E-state index contributed by atoms with van der Waals surface area (Å²) < 4.78 is 4.23. The third-order valence-electron chi connectivity index (χ3n) is 5.05. The lowest BCUT2D eigenvalue weighted by atomic mass is 10.2. The Bertz CT molecular complexity index is 1400. The molecule has 30 heavy (non-hydrogen) atoms. The Morgan fingerprint density at radius 2 is 1.87 bits per heavy atom. The summed E-state index contributed by atoms with van der Waals surface area (Å²) in [6.07, 6.45) is 1.49. The van der Waals surface area contributed by atoms with Gasteiger partial charge in [-0.1, -0.05) is 30.3 Å². The van der Waals surface area contributed by atoms with Gasteiger partial charge in [0.1, 0.15) is 0 Å². The van der Waals surface area contributed by atoms with Crippen molar-refractivity contribution in [2.45, 2.75) is 26.9 Å². The molecule has 0 unspecified atom stereocenters. The summed E-state index contributed by atoms with van der Waals surface area (Å²) in [5, 5.41) is 11.1. The molecule has 9 nitrogen and oxygen atoms in total. The lowest BCUT2D eigenvalue weighted by molar-refractivity contribution is -0.384. The number of hydrogen-bond acceptors (Lipinski definition) is 5. The summed E-state index contributed by atoms with van der Waals surface area (Å²) in [7, 11) is 0. The van der Waals surface area contributed by atoms with E-state index in [4.69, 9.17) is 0 Å². The Hall–Kier alpha value is -4.01. The van der Waals surface area contributed by atoms with Crippen LogP contribution in [0.3, 0.4) is 0 Å². The highest BCUT2D eigenvalue weighted by molar-refractivity contribution is 5.73. The molecule has 0 amide bonds. The van der Waals surface area contributed by atoms with E-state index in [1.165, 1.54) is 27.6 Å². The molecule has 0 aliphatic carbocycles. The largest absolute Gasteiger partial charge is 0.337 e. The van der Waals surface area contributed by atoms with Crippen molar-refractivity contribution in [2.24, 2.45) is 0 Å². The molecule has 2 aromatic carbocycles. The highest BCUT2D eigenvalue weighted by atomic mass is 16.6. The molecule has 0 atom stereocenters. The standard InChI is InChI=1S/C21H19N5O4/c1-3-24-20(27)18-19(25(21(24)28)17-10-5-4-7-14(17)2)22-13-23(18)12-15-8-6-9-16(11-15)26(29)30/h4-11,13H,3,12H2,1-2H3. The van der Waals surface area contributed by atoms with Crippen LogP contribution < -0.4 is 11.2 Å². The van der Waals surface area contributed by atoms with Gasteiger partial charge < -0.3 is 4.57 Å². The van der Waals surface area contributed by atoms with Crippen molar-refractivity contribution in [2.75, 3.05) is 0 Å². The van der Waals surface area contributed by atoms with Crippen molar-refractivity contribution >= 4 is 16.9 Å². The van der Waals surface area contributed by atoms with Gasteiger partial charge in [-0.3, -0.25) is 19.5 Å². The topological polar surface area (TPSA) is 105 Å². The summed E-state index contributed by atoms with van der Waals surface area (Å²) in [6.45, 7) is 4.04. The van der Waals surface area contributed by atoms with E-state index in [9.17, 15) is 19.7 Å². The molecule has 2 aromatic heterocycles. The first-order chi connectivity index (χ1) is 14.4. The van der Waals surface area contributed by atoms with Crippen LogP contribution in [-0.4, -0.2) is 23.6 Å². The molecule has 0 spiro atoms. The lowest BCUT2D eigenvalue weighted by Gasteiger charge is -2.13. The normalized spacial score (nSPS) is 11.1. The molecule has 4 aromatic rings.